The fourth-order valence-corrected chi connectivity index (χ4v) is 2.01. The fourth-order valence-electron chi connectivity index (χ4n) is 2.01. The van der Waals surface area contributed by atoms with Gasteiger partial charge in [-0.15, -0.1) is 0 Å². The van der Waals surface area contributed by atoms with Crippen molar-refractivity contribution >= 4 is 0 Å². The second kappa shape index (κ2) is 6.47. The van der Waals surface area contributed by atoms with Crippen LogP contribution in [0.25, 0.3) is 0 Å². The summed E-state index contributed by atoms with van der Waals surface area (Å²) in [5, 5.41) is 4.19. The van der Waals surface area contributed by atoms with Crippen molar-refractivity contribution in [1.82, 2.24) is 9.78 Å². The summed E-state index contributed by atoms with van der Waals surface area (Å²) in [5.74, 6) is 0.0956. The van der Waals surface area contributed by atoms with Crippen LogP contribution < -0.4 is 10.5 Å². The van der Waals surface area contributed by atoms with E-state index in [4.69, 9.17) is 5.73 Å². The molecule has 1 aromatic heterocycles. The molecule has 6 heteroatoms. The van der Waals surface area contributed by atoms with E-state index >= 15 is 0 Å². The third kappa shape index (κ3) is 3.33. The van der Waals surface area contributed by atoms with Crippen LogP contribution >= 0.6 is 0 Å². The van der Waals surface area contributed by atoms with Gasteiger partial charge in [-0.3, -0.25) is 4.68 Å². The SMILES string of the molecule is CCCn1cc(C(N)c2ccccc2OC(F)F)cn1. The summed E-state index contributed by atoms with van der Waals surface area (Å²) in [4.78, 5) is 0. The number of aryl methyl sites for hydroxylation is 1. The summed E-state index contributed by atoms with van der Waals surface area (Å²) in [6.07, 6.45) is 4.44. The van der Waals surface area contributed by atoms with Gasteiger partial charge in [-0.25, -0.2) is 0 Å². The topological polar surface area (TPSA) is 53.1 Å². The van der Waals surface area contributed by atoms with E-state index in [9.17, 15) is 8.78 Å². The summed E-state index contributed by atoms with van der Waals surface area (Å²) >= 11 is 0. The lowest BCUT2D eigenvalue weighted by molar-refractivity contribution is -0.0505. The molecule has 108 valence electrons. The molecule has 1 aromatic carbocycles. The van der Waals surface area contributed by atoms with Gasteiger partial charge in [-0.2, -0.15) is 13.9 Å². The molecule has 2 rings (SSSR count). The third-order valence-electron chi connectivity index (χ3n) is 2.94. The Balaban J connectivity index is 2.25. The maximum atomic E-state index is 12.4. The molecule has 1 unspecified atom stereocenters. The highest BCUT2D eigenvalue weighted by molar-refractivity contribution is 5.40. The highest BCUT2D eigenvalue weighted by Crippen LogP contribution is 2.29. The number of aromatic nitrogens is 2. The second-order valence-corrected chi connectivity index (χ2v) is 4.43. The molecule has 2 aromatic rings. The number of rotatable bonds is 6. The van der Waals surface area contributed by atoms with Crippen molar-refractivity contribution in [3.8, 4) is 5.75 Å². The summed E-state index contributed by atoms with van der Waals surface area (Å²) in [6, 6.07) is 5.99. The Kier molecular flexibility index (Phi) is 4.68. The van der Waals surface area contributed by atoms with E-state index in [0.717, 1.165) is 18.5 Å². The lowest BCUT2D eigenvalue weighted by atomic mass is 10.0. The largest absolute Gasteiger partial charge is 0.434 e. The number of nitrogens with two attached hydrogens (primary N) is 1. The minimum Gasteiger partial charge on any atom is -0.434 e. The van der Waals surface area contributed by atoms with Gasteiger partial charge in [0.05, 0.1) is 12.2 Å². The first-order valence-corrected chi connectivity index (χ1v) is 6.43. The molecule has 0 bridgehead atoms. The fraction of sp³-hybridized carbons (Fsp3) is 0.357. The van der Waals surface area contributed by atoms with Gasteiger partial charge in [-0.1, -0.05) is 25.1 Å². The van der Waals surface area contributed by atoms with E-state index in [0.29, 0.717) is 5.56 Å². The minimum atomic E-state index is -2.87. The highest BCUT2D eigenvalue weighted by atomic mass is 19.3. The molecule has 20 heavy (non-hydrogen) atoms. The van der Waals surface area contributed by atoms with Crippen molar-refractivity contribution in [1.29, 1.82) is 0 Å². The third-order valence-corrected chi connectivity index (χ3v) is 2.94. The molecule has 2 N–H and O–H groups in total. The van der Waals surface area contributed by atoms with Crippen LogP contribution in [-0.4, -0.2) is 16.4 Å². The monoisotopic (exact) mass is 281 g/mol. The van der Waals surface area contributed by atoms with Crippen LogP contribution in [0.4, 0.5) is 8.78 Å². The Morgan fingerprint density at radius 1 is 1.35 bits per heavy atom. The van der Waals surface area contributed by atoms with Gasteiger partial charge < -0.3 is 10.5 Å². The van der Waals surface area contributed by atoms with Crippen molar-refractivity contribution < 1.29 is 13.5 Å². The first-order valence-electron chi connectivity index (χ1n) is 6.43. The molecule has 1 atom stereocenters. The predicted octanol–water partition coefficient (Wildman–Crippen LogP) is 2.94. The zero-order chi connectivity index (χ0) is 14.5. The molecule has 4 nitrogen and oxygen atoms in total. The number of nitrogens with zero attached hydrogens (tertiary/aromatic N) is 2. The standard InChI is InChI=1S/C14H17F2N3O/c1-2-7-19-9-10(8-18-19)13(17)11-5-3-4-6-12(11)20-14(15)16/h3-6,8-9,13-14H,2,7,17H2,1H3. The summed E-state index contributed by atoms with van der Waals surface area (Å²) in [5.41, 5.74) is 7.41. The van der Waals surface area contributed by atoms with Crippen LogP contribution in [0.5, 0.6) is 5.75 Å². The van der Waals surface area contributed by atoms with E-state index in [1.54, 1.807) is 29.1 Å². The Bertz CT molecular complexity index is 557. The number of ether oxygens (including phenoxy) is 1. The van der Waals surface area contributed by atoms with Gasteiger partial charge >= 0.3 is 6.61 Å². The lowest BCUT2D eigenvalue weighted by Gasteiger charge is -2.15. The smallest absolute Gasteiger partial charge is 0.387 e. The maximum absolute atomic E-state index is 12.4. The molecule has 0 fully saturated rings. The number of para-hydroxylation sites is 1. The normalized spacial score (nSPS) is 12.7. The molecule has 0 amide bonds. The second-order valence-electron chi connectivity index (χ2n) is 4.43. The Labute approximate surface area is 116 Å². The molecular weight excluding hydrogens is 264 g/mol. The van der Waals surface area contributed by atoms with Gasteiger partial charge in [0.25, 0.3) is 0 Å². The number of halogens is 2. The van der Waals surface area contributed by atoms with Crippen LogP contribution in [0, 0.1) is 0 Å². The van der Waals surface area contributed by atoms with Crippen LogP contribution in [0.1, 0.15) is 30.5 Å². The quantitative estimate of drug-likeness (QED) is 0.885. The van der Waals surface area contributed by atoms with Gasteiger partial charge in [-0.05, 0) is 12.5 Å². The van der Waals surface area contributed by atoms with E-state index in [1.807, 2.05) is 13.1 Å². The zero-order valence-corrected chi connectivity index (χ0v) is 11.2. The average Bonchev–Trinajstić information content (AvgIpc) is 2.87. The predicted molar refractivity (Wildman–Crippen MR) is 71.6 cm³/mol. The molecule has 0 aliphatic heterocycles. The number of benzene rings is 1. The van der Waals surface area contributed by atoms with Crippen LogP contribution in [-0.2, 0) is 6.54 Å². The summed E-state index contributed by atoms with van der Waals surface area (Å²) in [6.45, 7) is -0.0271. The molecular formula is C14H17F2N3O. The van der Waals surface area contributed by atoms with Crippen LogP contribution in [0.15, 0.2) is 36.7 Å². The van der Waals surface area contributed by atoms with Crippen molar-refractivity contribution in [2.45, 2.75) is 32.5 Å². The van der Waals surface area contributed by atoms with E-state index in [-0.39, 0.29) is 5.75 Å². The highest BCUT2D eigenvalue weighted by Gasteiger charge is 2.17. The summed E-state index contributed by atoms with van der Waals surface area (Å²) in [7, 11) is 0. The van der Waals surface area contributed by atoms with Gasteiger partial charge in [0, 0.05) is 23.9 Å². The Hall–Kier alpha value is -1.95. The number of hydrogen-bond acceptors (Lipinski definition) is 3. The van der Waals surface area contributed by atoms with E-state index in [1.165, 1.54) is 6.07 Å². The van der Waals surface area contributed by atoms with Crippen molar-refractivity contribution in [2.24, 2.45) is 5.73 Å². The van der Waals surface area contributed by atoms with Crippen LogP contribution in [0.2, 0.25) is 0 Å². The molecule has 1 heterocycles. The van der Waals surface area contributed by atoms with E-state index in [2.05, 4.69) is 9.84 Å². The first kappa shape index (κ1) is 14.5. The van der Waals surface area contributed by atoms with Gasteiger partial charge in [0.2, 0.25) is 0 Å². The zero-order valence-electron chi connectivity index (χ0n) is 11.2. The lowest BCUT2D eigenvalue weighted by Crippen LogP contribution is -2.14. The molecule has 0 aliphatic carbocycles. The van der Waals surface area contributed by atoms with Crippen molar-refractivity contribution in [3.63, 3.8) is 0 Å². The molecule has 0 saturated heterocycles. The molecule has 0 aliphatic rings. The van der Waals surface area contributed by atoms with Gasteiger partial charge in [0.1, 0.15) is 5.75 Å². The Morgan fingerprint density at radius 3 is 2.80 bits per heavy atom. The number of alkyl halides is 2. The maximum Gasteiger partial charge on any atom is 0.387 e. The minimum absolute atomic E-state index is 0.0956. The Morgan fingerprint density at radius 2 is 2.10 bits per heavy atom. The average molecular weight is 281 g/mol. The van der Waals surface area contributed by atoms with Gasteiger partial charge in [0.15, 0.2) is 0 Å². The molecule has 0 saturated carbocycles. The van der Waals surface area contributed by atoms with Crippen LogP contribution in [0.3, 0.4) is 0 Å². The first-order chi connectivity index (χ1) is 9.61. The van der Waals surface area contributed by atoms with E-state index < -0.39 is 12.7 Å². The number of hydrogen-bond donors (Lipinski definition) is 1. The molecule has 0 spiro atoms. The summed E-state index contributed by atoms with van der Waals surface area (Å²) < 4.78 is 31.1. The molecule has 0 radical (unpaired) electrons. The van der Waals surface area contributed by atoms with Crippen molar-refractivity contribution in [2.75, 3.05) is 0 Å². The van der Waals surface area contributed by atoms with Crippen molar-refractivity contribution in [3.05, 3.63) is 47.8 Å².